The number of carbonyl (C=O) groups excluding carboxylic acids is 1. The standard InChI is InChI=1S/C14H16BrF2NO/c15-8-3-9-18(10-4-1-5-10)14(19)11-6-2-7-12(16)13(11)17/h2,6-7,10H,1,3-5,8-9H2. The van der Waals surface area contributed by atoms with Crippen LogP contribution in [0.5, 0.6) is 0 Å². The Morgan fingerprint density at radius 1 is 1.37 bits per heavy atom. The Morgan fingerprint density at radius 3 is 2.68 bits per heavy atom. The maximum absolute atomic E-state index is 13.7. The summed E-state index contributed by atoms with van der Waals surface area (Å²) in [4.78, 5) is 14.0. The molecule has 2 rings (SSSR count). The number of nitrogens with zero attached hydrogens (tertiary/aromatic N) is 1. The Labute approximate surface area is 119 Å². The van der Waals surface area contributed by atoms with Crippen LogP contribution in [0.15, 0.2) is 18.2 Å². The highest BCUT2D eigenvalue weighted by molar-refractivity contribution is 9.09. The summed E-state index contributed by atoms with van der Waals surface area (Å²) in [5.74, 6) is -2.42. The Hall–Kier alpha value is -0.970. The van der Waals surface area contributed by atoms with Crippen molar-refractivity contribution >= 4 is 21.8 Å². The number of alkyl halides is 1. The predicted molar refractivity (Wildman–Crippen MR) is 73.4 cm³/mol. The third kappa shape index (κ3) is 3.14. The molecule has 5 heteroatoms. The van der Waals surface area contributed by atoms with Crippen molar-refractivity contribution in [1.82, 2.24) is 4.90 Å². The molecule has 0 radical (unpaired) electrons. The monoisotopic (exact) mass is 331 g/mol. The lowest BCUT2D eigenvalue weighted by atomic mass is 9.90. The van der Waals surface area contributed by atoms with Crippen molar-refractivity contribution in [1.29, 1.82) is 0 Å². The zero-order valence-electron chi connectivity index (χ0n) is 10.5. The van der Waals surface area contributed by atoms with E-state index in [0.29, 0.717) is 6.54 Å². The predicted octanol–water partition coefficient (Wildman–Crippen LogP) is 3.74. The fraction of sp³-hybridized carbons (Fsp3) is 0.500. The first kappa shape index (κ1) is 14.4. The molecule has 19 heavy (non-hydrogen) atoms. The number of carbonyl (C=O) groups is 1. The number of rotatable bonds is 5. The van der Waals surface area contributed by atoms with Gasteiger partial charge in [0.2, 0.25) is 0 Å². The molecule has 1 saturated carbocycles. The Balaban J connectivity index is 2.20. The van der Waals surface area contributed by atoms with E-state index in [-0.39, 0.29) is 11.6 Å². The van der Waals surface area contributed by atoms with E-state index in [2.05, 4.69) is 15.9 Å². The van der Waals surface area contributed by atoms with Crippen molar-refractivity contribution in [3.8, 4) is 0 Å². The van der Waals surface area contributed by atoms with Crippen molar-refractivity contribution < 1.29 is 13.6 Å². The molecule has 0 heterocycles. The minimum atomic E-state index is -1.05. The zero-order valence-corrected chi connectivity index (χ0v) is 12.1. The smallest absolute Gasteiger partial charge is 0.257 e. The van der Waals surface area contributed by atoms with Gasteiger partial charge in [0.1, 0.15) is 0 Å². The lowest BCUT2D eigenvalue weighted by Crippen LogP contribution is -2.45. The Bertz CT molecular complexity index is 463. The molecule has 0 aromatic heterocycles. The maximum Gasteiger partial charge on any atom is 0.257 e. The lowest BCUT2D eigenvalue weighted by molar-refractivity contribution is 0.0575. The van der Waals surface area contributed by atoms with Crippen molar-refractivity contribution in [3.05, 3.63) is 35.4 Å². The van der Waals surface area contributed by atoms with Gasteiger partial charge in [-0.3, -0.25) is 4.79 Å². The fourth-order valence-electron chi connectivity index (χ4n) is 2.20. The van der Waals surface area contributed by atoms with E-state index in [4.69, 9.17) is 0 Å². The summed E-state index contributed by atoms with van der Waals surface area (Å²) in [5, 5.41) is 0.787. The van der Waals surface area contributed by atoms with Crippen LogP contribution in [0.4, 0.5) is 8.78 Å². The van der Waals surface area contributed by atoms with E-state index < -0.39 is 17.5 Å². The topological polar surface area (TPSA) is 20.3 Å². The van der Waals surface area contributed by atoms with Crippen LogP contribution in [0.2, 0.25) is 0 Å². The van der Waals surface area contributed by atoms with Gasteiger partial charge in [0, 0.05) is 17.9 Å². The van der Waals surface area contributed by atoms with E-state index in [1.54, 1.807) is 4.90 Å². The summed E-state index contributed by atoms with van der Waals surface area (Å²) < 4.78 is 26.9. The number of hydrogen-bond acceptors (Lipinski definition) is 1. The third-order valence-electron chi connectivity index (χ3n) is 3.49. The highest BCUT2D eigenvalue weighted by atomic mass is 79.9. The van der Waals surface area contributed by atoms with Crippen LogP contribution in [0.1, 0.15) is 36.0 Å². The van der Waals surface area contributed by atoms with Gasteiger partial charge >= 0.3 is 0 Å². The van der Waals surface area contributed by atoms with Crippen LogP contribution in [0, 0.1) is 11.6 Å². The first-order valence-electron chi connectivity index (χ1n) is 6.46. The second-order valence-electron chi connectivity index (χ2n) is 4.73. The van der Waals surface area contributed by atoms with E-state index in [1.807, 2.05) is 0 Å². The van der Waals surface area contributed by atoms with Gasteiger partial charge in [-0.2, -0.15) is 0 Å². The summed E-state index contributed by atoms with van der Waals surface area (Å²) in [6, 6.07) is 3.92. The molecule has 0 spiro atoms. The molecule has 2 nitrogen and oxygen atoms in total. The third-order valence-corrected chi connectivity index (χ3v) is 4.05. The van der Waals surface area contributed by atoms with Gasteiger partial charge in [0.15, 0.2) is 11.6 Å². The molecule has 1 amide bonds. The molecule has 1 aliphatic rings. The molecular formula is C14H16BrF2NO. The molecular weight excluding hydrogens is 316 g/mol. The minimum Gasteiger partial charge on any atom is -0.336 e. The highest BCUT2D eigenvalue weighted by Gasteiger charge is 2.30. The summed E-state index contributed by atoms with van der Waals surface area (Å²) in [6.45, 7) is 0.574. The molecule has 0 atom stereocenters. The fourth-order valence-corrected chi connectivity index (χ4v) is 2.45. The van der Waals surface area contributed by atoms with Crippen LogP contribution < -0.4 is 0 Å². The Morgan fingerprint density at radius 2 is 2.11 bits per heavy atom. The quantitative estimate of drug-likeness (QED) is 0.752. The first-order chi connectivity index (χ1) is 9.15. The zero-order chi connectivity index (χ0) is 13.8. The van der Waals surface area contributed by atoms with Gasteiger partial charge in [-0.1, -0.05) is 22.0 Å². The second kappa shape index (κ2) is 6.46. The summed E-state index contributed by atoms with van der Waals surface area (Å²) >= 11 is 3.33. The van der Waals surface area contributed by atoms with Crippen LogP contribution >= 0.6 is 15.9 Å². The van der Waals surface area contributed by atoms with Crippen LogP contribution in [-0.4, -0.2) is 28.7 Å². The Kier molecular flexibility index (Phi) is 4.91. The van der Waals surface area contributed by atoms with Gasteiger partial charge in [0.25, 0.3) is 5.91 Å². The van der Waals surface area contributed by atoms with Gasteiger partial charge in [-0.15, -0.1) is 0 Å². The number of benzene rings is 1. The summed E-state index contributed by atoms with van der Waals surface area (Å²) in [6.07, 6.45) is 3.80. The van der Waals surface area contributed by atoms with Crippen LogP contribution in [0.3, 0.4) is 0 Å². The minimum absolute atomic E-state index is 0.165. The molecule has 1 aromatic carbocycles. The molecule has 0 bridgehead atoms. The molecule has 0 unspecified atom stereocenters. The normalized spacial score (nSPS) is 15.1. The molecule has 1 aliphatic carbocycles. The van der Waals surface area contributed by atoms with Crippen molar-refractivity contribution in [2.75, 3.05) is 11.9 Å². The van der Waals surface area contributed by atoms with Gasteiger partial charge in [-0.05, 0) is 37.8 Å². The molecule has 1 fully saturated rings. The average molecular weight is 332 g/mol. The largest absolute Gasteiger partial charge is 0.336 e. The highest BCUT2D eigenvalue weighted by Crippen LogP contribution is 2.27. The van der Waals surface area contributed by atoms with E-state index >= 15 is 0 Å². The van der Waals surface area contributed by atoms with Crippen molar-refractivity contribution in [3.63, 3.8) is 0 Å². The lowest BCUT2D eigenvalue weighted by Gasteiger charge is -2.37. The summed E-state index contributed by atoms with van der Waals surface area (Å²) in [5.41, 5.74) is -0.165. The van der Waals surface area contributed by atoms with Crippen molar-refractivity contribution in [2.24, 2.45) is 0 Å². The molecule has 0 N–H and O–H groups in total. The van der Waals surface area contributed by atoms with E-state index in [9.17, 15) is 13.6 Å². The van der Waals surface area contributed by atoms with E-state index in [1.165, 1.54) is 12.1 Å². The van der Waals surface area contributed by atoms with Gasteiger partial charge < -0.3 is 4.90 Å². The van der Waals surface area contributed by atoms with Crippen LogP contribution in [0.25, 0.3) is 0 Å². The molecule has 0 saturated heterocycles. The average Bonchev–Trinajstić information content (AvgIpc) is 2.34. The molecule has 0 aliphatic heterocycles. The van der Waals surface area contributed by atoms with Crippen LogP contribution in [-0.2, 0) is 0 Å². The summed E-state index contributed by atoms with van der Waals surface area (Å²) in [7, 11) is 0. The maximum atomic E-state index is 13.7. The van der Waals surface area contributed by atoms with Gasteiger partial charge in [-0.25, -0.2) is 8.78 Å². The number of hydrogen-bond donors (Lipinski definition) is 0. The van der Waals surface area contributed by atoms with Crippen molar-refractivity contribution in [2.45, 2.75) is 31.7 Å². The number of amides is 1. The SMILES string of the molecule is O=C(c1cccc(F)c1F)N(CCCBr)C1CCC1. The first-order valence-corrected chi connectivity index (χ1v) is 7.58. The second-order valence-corrected chi connectivity index (χ2v) is 5.52. The van der Waals surface area contributed by atoms with E-state index in [0.717, 1.165) is 37.1 Å². The molecule has 1 aromatic rings. The van der Waals surface area contributed by atoms with Gasteiger partial charge in [0.05, 0.1) is 5.56 Å². The number of halogens is 3. The molecule has 104 valence electrons.